The van der Waals surface area contributed by atoms with E-state index in [4.69, 9.17) is 4.74 Å². The van der Waals surface area contributed by atoms with Crippen LogP contribution < -0.4 is 10.2 Å². The summed E-state index contributed by atoms with van der Waals surface area (Å²) < 4.78 is 4.98. The van der Waals surface area contributed by atoms with Gasteiger partial charge in [-0.05, 0) is 30.0 Å². The minimum Gasteiger partial charge on any atom is -0.456 e. The first kappa shape index (κ1) is 18.7. The molecule has 25 heavy (non-hydrogen) atoms. The summed E-state index contributed by atoms with van der Waals surface area (Å²) in [5, 5.41) is 6.32. The third-order valence-electron chi connectivity index (χ3n) is 3.50. The number of ether oxygens (including phenoxy) is 1. The van der Waals surface area contributed by atoms with Gasteiger partial charge in [0.2, 0.25) is 0 Å². The largest absolute Gasteiger partial charge is 0.456 e. The van der Waals surface area contributed by atoms with E-state index in [1.807, 2.05) is 23.6 Å². The van der Waals surface area contributed by atoms with Crippen LogP contribution in [0.15, 0.2) is 47.2 Å². The highest BCUT2D eigenvalue weighted by Gasteiger charge is 2.13. The summed E-state index contributed by atoms with van der Waals surface area (Å²) in [6, 6.07) is 10.9. The van der Waals surface area contributed by atoms with Crippen LogP contribution in [0.3, 0.4) is 0 Å². The fourth-order valence-corrected chi connectivity index (χ4v) is 2.67. The van der Waals surface area contributed by atoms with E-state index in [-0.39, 0.29) is 24.8 Å². The number of hydrogen-bond acceptors (Lipinski definition) is 5. The summed E-state index contributed by atoms with van der Waals surface area (Å²) in [5.74, 6) is -0.917. The molecule has 1 aromatic heterocycles. The average molecular weight is 360 g/mol. The van der Waals surface area contributed by atoms with Gasteiger partial charge in [-0.15, -0.1) is 0 Å². The Labute approximate surface area is 150 Å². The van der Waals surface area contributed by atoms with Gasteiger partial charge in [0.1, 0.15) is 0 Å². The van der Waals surface area contributed by atoms with Crippen LogP contribution >= 0.6 is 11.3 Å². The van der Waals surface area contributed by atoms with Gasteiger partial charge in [0, 0.05) is 36.6 Å². The van der Waals surface area contributed by atoms with Gasteiger partial charge in [-0.3, -0.25) is 14.4 Å². The van der Waals surface area contributed by atoms with Gasteiger partial charge in [-0.25, -0.2) is 0 Å². The fourth-order valence-electron chi connectivity index (χ4n) is 2.04. The smallest absolute Gasteiger partial charge is 0.306 e. The fraction of sp³-hybridized carbons (Fsp3) is 0.278. The second-order valence-electron chi connectivity index (χ2n) is 5.32. The van der Waals surface area contributed by atoms with E-state index in [9.17, 15) is 14.4 Å². The molecule has 2 amide bonds. The highest BCUT2D eigenvalue weighted by Crippen LogP contribution is 2.11. The van der Waals surface area contributed by atoms with Gasteiger partial charge >= 0.3 is 5.97 Å². The Morgan fingerprint density at radius 2 is 1.92 bits per heavy atom. The Morgan fingerprint density at radius 1 is 1.16 bits per heavy atom. The summed E-state index contributed by atoms with van der Waals surface area (Å²) in [7, 11) is 1.63. The van der Waals surface area contributed by atoms with Gasteiger partial charge < -0.3 is 15.0 Å². The van der Waals surface area contributed by atoms with E-state index in [2.05, 4.69) is 5.32 Å². The van der Waals surface area contributed by atoms with Crippen LogP contribution in [0.25, 0.3) is 0 Å². The van der Waals surface area contributed by atoms with Crippen molar-refractivity contribution in [2.75, 3.05) is 25.1 Å². The number of nitrogens with zero attached hydrogens (tertiary/aromatic N) is 1. The third-order valence-corrected chi connectivity index (χ3v) is 4.18. The molecule has 0 fully saturated rings. The molecule has 0 aliphatic carbocycles. The first-order valence-electron chi connectivity index (χ1n) is 7.85. The van der Waals surface area contributed by atoms with Crippen LogP contribution in [0, 0.1) is 0 Å². The van der Waals surface area contributed by atoms with Gasteiger partial charge in [-0.2, -0.15) is 11.3 Å². The number of benzene rings is 1. The number of carbonyl (C=O) groups is 3. The molecule has 0 saturated heterocycles. The Balaban J connectivity index is 1.62. The number of anilines is 1. The van der Waals surface area contributed by atoms with Crippen LogP contribution in [-0.2, 0) is 14.3 Å². The van der Waals surface area contributed by atoms with Gasteiger partial charge in [-0.1, -0.05) is 18.2 Å². The van der Waals surface area contributed by atoms with Crippen LogP contribution in [0.5, 0.6) is 0 Å². The maximum Gasteiger partial charge on any atom is 0.306 e. The number of thiophene rings is 1. The number of amides is 2. The monoisotopic (exact) mass is 360 g/mol. The SMILES string of the molecule is CN(C(=O)COC(=O)CCCNC(=O)c1ccsc1)c1ccccc1. The molecule has 0 saturated carbocycles. The Bertz CT molecular complexity index is 701. The van der Waals surface area contributed by atoms with Crippen molar-refractivity contribution in [3.8, 4) is 0 Å². The van der Waals surface area contributed by atoms with Crippen molar-refractivity contribution in [1.29, 1.82) is 0 Å². The first-order valence-corrected chi connectivity index (χ1v) is 8.80. The molecule has 6 nitrogen and oxygen atoms in total. The molecule has 1 N–H and O–H groups in total. The zero-order valence-electron chi connectivity index (χ0n) is 13.9. The molecule has 0 aliphatic heterocycles. The van der Waals surface area contributed by atoms with Crippen molar-refractivity contribution in [3.63, 3.8) is 0 Å². The van der Waals surface area contributed by atoms with Crippen molar-refractivity contribution < 1.29 is 19.1 Å². The summed E-state index contributed by atoms with van der Waals surface area (Å²) in [6.07, 6.45) is 0.601. The van der Waals surface area contributed by atoms with Crippen LogP contribution in [0.1, 0.15) is 23.2 Å². The standard InChI is InChI=1S/C18H20N2O4S/c1-20(15-6-3-2-4-7-15)16(21)12-24-17(22)8-5-10-19-18(23)14-9-11-25-13-14/h2-4,6-7,9,11,13H,5,8,10,12H2,1H3,(H,19,23). The van der Waals surface area contributed by atoms with Crippen molar-refractivity contribution >= 4 is 34.8 Å². The van der Waals surface area contributed by atoms with E-state index in [0.717, 1.165) is 5.69 Å². The molecule has 2 rings (SSSR count). The molecule has 1 aromatic carbocycles. The first-order chi connectivity index (χ1) is 12.1. The molecule has 132 valence electrons. The van der Waals surface area contributed by atoms with E-state index in [1.54, 1.807) is 30.6 Å². The highest BCUT2D eigenvalue weighted by molar-refractivity contribution is 7.08. The van der Waals surface area contributed by atoms with Crippen molar-refractivity contribution in [2.45, 2.75) is 12.8 Å². The molecule has 0 unspecified atom stereocenters. The predicted octanol–water partition coefficient (Wildman–Crippen LogP) is 2.46. The van der Waals surface area contributed by atoms with Crippen LogP contribution in [-0.4, -0.2) is 38.0 Å². The third kappa shape index (κ3) is 6.04. The minimum atomic E-state index is -0.459. The summed E-state index contributed by atoms with van der Waals surface area (Å²) in [4.78, 5) is 36.8. The van der Waals surface area contributed by atoms with E-state index in [1.165, 1.54) is 16.2 Å². The van der Waals surface area contributed by atoms with Crippen LogP contribution in [0.4, 0.5) is 5.69 Å². The molecule has 0 radical (unpaired) electrons. The molecule has 1 heterocycles. The lowest BCUT2D eigenvalue weighted by atomic mass is 10.3. The van der Waals surface area contributed by atoms with Crippen molar-refractivity contribution in [2.24, 2.45) is 0 Å². The number of hydrogen-bond donors (Lipinski definition) is 1. The summed E-state index contributed by atoms with van der Waals surface area (Å²) >= 11 is 1.45. The molecular weight excluding hydrogens is 340 g/mol. The second kappa shape index (κ2) is 9.58. The molecule has 0 aliphatic rings. The molecule has 0 atom stereocenters. The number of nitrogens with one attached hydrogen (secondary N) is 1. The molecule has 7 heteroatoms. The van der Waals surface area contributed by atoms with E-state index < -0.39 is 5.97 Å². The van der Waals surface area contributed by atoms with Crippen molar-refractivity contribution in [1.82, 2.24) is 5.32 Å². The Hall–Kier alpha value is -2.67. The molecule has 0 bridgehead atoms. The Kier molecular flexibility index (Phi) is 7.16. The Morgan fingerprint density at radius 3 is 2.60 bits per heavy atom. The lowest BCUT2D eigenvalue weighted by Crippen LogP contribution is -2.31. The van der Waals surface area contributed by atoms with E-state index in [0.29, 0.717) is 18.5 Å². The maximum atomic E-state index is 12.0. The average Bonchev–Trinajstić information content (AvgIpc) is 3.18. The normalized spacial score (nSPS) is 10.1. The molecule has 0 spiro atoms. The number of rotatable bonds is 8. The topological polar surface area (TPSA) is 75.7 Å². The zero-order chi connectivity index (χ0) is 18.1. The number of carbonyl (C=O) groups excluding carboxylic acids is 3. The lowest BCUT2D eigenvalue weighted by Gasteiger charge is -2.17. The number of para-hydroxylation sites is 1. The van der Waals surface area contributed by atoms with Gasteiger partial charge in [0.25, 0.3) is 11.8 Å². The zero-order valence-corrected chi connectivity index (χ0v) is 14.8. The maximum absolute atomic E-state index is 12.0. The number of likely N-dealkylation sites (N-methyl/N-ethyl adjacent to an activating group) is 1. The second-order valence-corrected chi connectivity index (χ2v) is 6.10. The van der Waals surface area contributed by atoms with Gasteiger partial charge in [0.05, 0.1) is 0 Å². The van der Waals surface area contributed by atoms with E-state index >= 15 is 0 Å². The summed E-state index contributed by atoms with van der Waals surface area (Å²) in [6.45, 7) is 0.0765. The molecular formula is C18H20N2O4S. The van der Waals surface area contributed by atoms with Gasteiger partial charge in [0.15, 0.2) is 6.61 Å². The summed E-state index contributed by atoms with van der Waals surface area (Å²) in [5.41, 5.74) is 1.35. The lowest BCUT2D eigenvalue weighted by molar-refractivity contribution is -0.147. The van der Waals surface area contributed by atoms with Crippen molar-refractivity contribution in [3.05, 3.63) is 52.7 Å². The predicted molar refractivity (Wildman–Crippen MR) is 96.7 cm³/mol. The quantitative estimate of drug-likeness (QED) is 0.580. The molecule has 2 aromatic rings. The highest BCUT2D eigenvalue weighted by atomic mass is 32.1. The number of esters is 1. The van der Waals surface area contributed by atoms with Crippen LogP contribution in [0.2, 0.25) is 0 Å². The minimum absolute atomic E-state index is 0.145.